The number of hydrogen-bond acceptors (Lipinski definition) is 1. The Balaban J connectivity index is 1.44. The number of nitrogens with one attached hydrogen (secondary N) is 1. The third kappa shape index (κ3) is 2.21. The maximum absolute atomic E-state index is 12.0. The fourth-order valence-corrected chi connectivity index (χ4v) is 4.55. The van der Waals surface area contributed by atoms with E-state index in [-0.39, 0.29) is 0 Å². The first-order chi connectivity index (χ1) is 8.31. The lowest BCUT2D eigenvalue weighted by molar-refractivity contribution is -0.123. The summed E-state index contributed by atoms with van der Waals surface area (Å²) in [6.07, 6.45) is 7.70. The van der Waals surface area contributed by atoms with Crippen LogP contribution in [0.15, 0.2) is 0 Å². The highest BCUT2D eigenvalue weighted by Crippen LogP contribution is 2.57. The van der Waals surface area contributed by atoms with Crippen LogP contribution in [0, 0.1) is 29.6 Å². The predicted octanol–water partition coefficient (Wildman–Crippen LogP) is 2.80. The fourth-order valence-electron chi connectivity index (χ4n) is 4.15. The van der Waals surface area contributed by atoms with Gasteiger partial charge in [0.1, 0.15) is 0 Å². The predicted molar refractivity (Wildman–Crippen MR) is 68.9 cm³/mol. The first-order valence-corrected chi connectivity index (χ1v) is 7.68. The first-order valence-electron chi connectivity index (χ1n) is 7.15. The maximum atomic E-state index is 12.0. The second-order valence-corrected chi connectivity index (χ2v) is 6.44. The van der Waals surface area contributed by atoms with Crippen LogP contribution in [-0.2, 0) is 4.79 Å². The second kappa shape index (κ2) is 4.79. The van der Waals surface area contributed by atoms with Gasteiger partial charge in [-0.25, -0.2) is 0 Å². The number of hydrogen-bond donors (Lipinski definition) is 1. The lowest BCUT2D eigenvalue weighted by atomic mass is 9.98. The molecule has 1 amide bonds. The van der Waals surface area contributed by atoms with Gasteiger partial charge in [0.25, 0.3) is 0 Å². The van der Waals surface area contributed by atoms with Crippen molar-refractivity contribution in [3.63, 3.8) is 0 Å². The Morgan fingerprint density at radius 2 is 1.71 bits per heavy atom. The number of alkyl halides is 1. The van der Waals surface area contributed by atoms with Crippen molar-refractivity contribution in [3.05, 3.63) is 0 Å². The molecular weight excluding hydrogens is 234 g/mol. The summed E-state index contributed by atoms with van der Waals surface area (Å²) in [7, 11) is 0. The molecule has 1 N–H and O–H groups in total. The van der Waals surface area contributed by atoms with Crippen molar-refractivity contribution in [2.45, 2.75) is 38.5 Å². The Bertz CT molecular complexity index is 297. The third-order valence-corrected chi connectivity index (χ3v) is 5.66. The monoisotopic (exact) mass is 255 g/mol. The summed E-state index contributed by atoms with van der Waals surface area (Å²) in [6.45, 7) is 0.867. The zero-order valence-corrected chi connectivity index (χ0v) is 11.1. The van der Waals surface area contributed by atoms with Gasteiger partial charge in [-0.3, -0.25) is 4.79 Å². The number of amides is 1. The zero-order chi connectivity index (χ0) is 11.8. The van der Waals surface area contributed by atoms with Crippen molar-refractivity contribution in [1.82, 2.24) is 5.32 Å². The highest BCUT2D eigenvalue weighted by Gasteiger charge is 2.56. The number of fused-ring (bicyclic) bond motifs is 1. The van der Waals surface area contributed by atoms with Gasteiger partial charge in [0.2, 0.25) is 5.91 Å². The molecule has 0 aromatic carbocycles. The molecule has 96 valence electrons. The van der Waals surface area contributed by atoms with Gasteiger partial charge in [-0.15, -0.1) is 11.6 Å². The molecule has 3 fully saturated rings. The molecule has 3 saturated carbocycles. The summed E-state index contributed by atoms with van der Waals surface area (Å²) < 4.78 is 0. The van der Waals surface area contributed by atoms with E-state index in [9.17, 15) is 4.79 Å². The van der Waals surface area contributed by atoms with Gasteiger partial charge < -0.3 is 5.32 Å². The maximum Gasteiger partial charge on any atom is 0.223 e. The lowest BCUT2D eigenvalue weighted by Gasteiger charge is -2.17. The van der Waals surface area contributed by atoms with Gasteiger partial charge in [0.05, 0.1) is 0 Å². The number of rotatable bonds is 4. The molecule has 4 atom stereocenters. The Morgan fingerprint density at radius 1 is 1.06 bits per heavy atom. The van der Waals surface area contributed by atoms with E-state index in [2.05, 4.69) is 5.32 Å². The van der Waals surface area contributed by atoms with E-state index in [1.165, 1.54) is 38.5 Å². The Labute approximate surface area is 108 Å². The van der Waals surface area contributed by atoms with Gasteiger partial charge in [0.15, 0.2) is 0 Å². The second-order valence-electron chi connectivity index (χ2n) is 6.13. The Hall–Kier alpha value is -0.240. The number of carbonyl (C=O) groups is 1. The van der Waals surface area contributed by atoms with E-state index in [0.29, 0.717) is 23.7 Å². The van der Waals surface area contributed by atoms with Crippen LogP contribution in [0.3, 0.4) is 0 Å². The standard InChI is InChI=1S/C14H22ClNO/c15-7-9-3-1-4-10(9)8-16-14(17)13-11-5-2-6-12(11)13/h9-13H,1-8H2,(H,16,17). The van der Waals surface area contributed by atoms with E-state index >= 15 is 0 Å². The molecule has 0 aromatic rings. The molecule has 0 spiro atoms. The van der Waals surface area contributed by atoms with Crippen LogP contribution in [0.5, 0.6) is 0 Å². The average molecular weight is 256 g/mol. The van der Waals surface area contributed by atoms with Gasteiger partial charge >= 0.3 is 0 Å². The molecule has 3 aliphatic carbocycles. The van der Waals surface area contributed by atoms with Crippen molar-refractivity contribution in [1.29, 1.82) is 0 Å². The van der Waals surface area contributed by atoms with Gasteiger partial charge in [-0.2, -0.15) is 0 Å². The van der Waals surface area contributed by atoms with Crippen molar-refractivity contribution in [2.24, 2.45) is 29.6 Å². The van der Waals surface area contributed by atoms with Crippen molar-refractivity contribution >= 4 is 17.5 Å². The van der Waals surface area contributed by atoms with E-state index in [1.807, 2.05) is 0 Å². The van der Waals surface area contributed by atoms with Gasteiger partial charge in [-0.1, -0.05) is 12.8 Å². The minimum Gasteiger partial charge on any atom is -0.356 e. The van der Waals surface area contributed by atoms with Gasteiger partial charge in [0, 0.05) is 18.3 Å². The van der Waals surface area contributed by atoms with Crippen LogP contribution in [-0.4, -0.2) is 18.3 Å². The Morgan fingerprint density at radius 3 is 2.41 bits per heavy atom. The van der Waals surface area contributed by atoms with E-state index < -0.39 is 0 Å². The number of carbonyl (C=O) groups excluding carboxylic acids is 1. The molecule has 0 aliphatic heterocycles. The van der Waals surface area contributed by atoms with Gasteiger partial charge in [-0.05, 0) is 49.4 Å². The topological polar surface area (TPSA) is 29.1 Å². The average Bonchev–Trinajstić information content (AvgIpc) is 2.75. The molecule has 0 radical (unpaired) electrons. The molecule has 17 heavy (non-hydrogen) atoms. The highest BCUT2D eigenvalue weighted by molar-refractivity contribution is 6.18. The smallest absolute Gasteiger partial charge is 0.223 e. The minimum absolute atomic E-state index is 0.333. The summed E-state index contributed by atoms with van der Waals surface area (Å²) in [6, 6.07) is 0. The van der Waals surface area contributed by atoms with Crippen LogP contribution < -0.4 is 5.32 Å². The molecule has 0 heterocycles. The van der Waals surface area contributed by atoms with E-state index in [0.717, 1.165) is 24.3 Å². The third-order valence-electron chi connectivity index (χ3n) is 5.26. The molecule has 0 aromatic heterocycles. The van der Waals surface area contributed by atoms with E-state index in [1.54, 1.807) is 0 Å². The van der Waals surface area contributed by atoms with Crippen LogP contribution in [0.2, 0.25) is 0 Å². The van der Waals surface area contributed by atoms with Crippen LogP contribution in [0.4, 0.5) is 0 Å². The number of halogens is 1. The molecule has 0 bridgehead atoms. The molecule has 2 nitrogen and oxygen atoms in total. The minimum atomic E-state index is 0.333. The zero-order valence-electron chi connectivity index (χ0n) is 10.3. The summed E-state index contributed by atoms with van der Waals surface area (Å²) in [4.78, 5) is 12.0. The molecule has 3 rings (SSSR count). The molecular formula is C14H22ClNO. The van der Waals surface area contributed by atoms with E-state index in [4.69, 9.17) is 11.6 Å². The normalized spacial score (nSPS) is 43.5. The largest absolute Gasteiger partial charge is 0.356 e. The van der Waals surface area contributed by atoms with Crippen LogP contribution in [0.1, 0.15) is 38.5 Å². The van der Waals surface area contributed by atoms with Crippen molar-refractivity contribution in [3.8, 4) is 0 Å². The quantitative estimate of drug-likeness (QED) is 0.769. The highest BCUT2D eigenvalue weighted by atomic mass is 35.5. The van der Waals surface area contributed by atoms with Crippen molar-refractivity contribution < 1.29 is 4.79 Å². The SMILES string of the molecule is O=C(NCC1CCCC1CCl)C1C2CCCC21. The van der Waals surface area contributed by atoms with Crippen LogP contribution >= 0.6 is 11.6 Å². The first kappa shape index (κ1) is 11.8. The Kier molecular flexibility index (Phi) is 3.34. The summed E-state index contributed by atoms with van der Waals surface area (Å²) in [5.74, 6) is 4.21. The molecule has 3 heteroatoms. The van der Waals surface area contributed by atoms with Crippen LogP contribution in [0.25, 0.3) is 0 Å². The fraction of sp³-hybridized carbons (Fsp3) is 0.929. The summed E-state index contributed by atoms with van der Waals surface area (Å²) in [5, 5.41) is 3.18. The molecule has 3 aliphatic rings. The molecule has 4 unspecified atom stereocenters. The summed E-state index contributed by atoms with van der Waals surface area (Å²) >= 11 is 5.96. The lowest BCUT2D eigenvalue weighted by Crippen LogP contribution is -2.33. The van der Waals surface area contributed by atoms with Crippen molar-refractivity contribution in [2.75, 3.05) is 12.4 Å². The molecule has 0 saturated heterocycles. The summed E-state index contributed by atoms with van der Waals surface area (Å²) in [5.41, 5.74) is 0.